The number of fused-ring (bicyclic) bond motifs is 15. The molecule has 2 aliphatic rings. The summed E-state index contributed by atoms with van der Waals surface area (Å²) in [5.74, 6) is 0.998. The summed E-state index contributed by atoms with van der Waals surface area (Å²) in [6.07, 6.45) is 5.48. The first-order chi connectivity index (χ1) is 20.6. The fourth-order valence-electron chi connectivity index (χ4n) is 8.19. The van der Waals surface area contributed by atoms with Gasteiger partial charge in [0.2, 0.25) is 0 Å². The maximum atomic E-state index is 6.27. The van der Waals surface area contributed by atoms with Crippen LogP contribution in [0.4, 0.5) is 0 Å². The van der Waals surface area contributed by atoms with E-state index >= 15 is 0 Å². The van der Waals surface area contributed by atoms with E-state index < -0.39 is 0 Å². The number of rotatable bonds is 1. The first kappa shape index (κ1) is 23.0. The summed E-state index contributed by atoms with van der Waals surface area (Å²) in [6, 6.07) is 35.8. The molecule has 1 unspecified atom stereocenters. The van der Waals surface area contributed by atoms with E-state index in [1.54, 1.807) is 0 Å². The van der Waals surface area contributed by atoms with Gasteiger partial charge < -0.3 is 8.98 Å². The van der Waals surface area contributed by atoms with Gasteiger partial charge in [-0.3, -0.25) is 0 Å². The molecule has 0 radical (unpaired) electrons. The molecule has 10 rings (SSSR count). The molecular weight excluding hydrogens is 531 g/mol. The molecule has 42 heavy (non-hydrogen) atoms. The fraction of sp³-hybridized carbons (Fsp3) is 0.128. The van der Waals surface area contributed by atoms with Crippen molar-refractivity contribution in [3.05, 3.63) is 126 Å². The molecule has 3 heterocycles. The topological polar surface area (TPSA) is 18.1 Å². The van der Waals surface area contributed by atoms with Gasteiger partial charge >= 0.3 is 0 Å². The lowest BCUT2D eigenvalue weighted by molar-refractivity contribution is 0.573. The van der Waals surface area contributed by atoms with Crippen LogP contribution in [0.25, 0.3) is 70.2 Å². The third kappa shape index (κ3) is 2.71. The molecule has 0 amide bonds. The van der Waals surface area contributed by atoms with E-state index in [1.807, 2.05) is 11.3 Å². The van der Waals surface area contributed by atoms with Crippen LogP contribution in [0.2, 0.25) is 0 Å². The highest BCUT2D eigenvalue weighted by molar-refractivity contribution is 7.26. The van der Waals surface area contributed by atoms with Crippen LogP contribution in [0.5, 0.6) is 0 Å². The predicted octanol–water partition coefficient (Wildman–Crippen LogP) is 11.0. The molecule has 0 aliphatic heterocycles. The van der Waals surface area contributed by atoms with Crippen LogP contribution in [0.1, 0.15) is 42.3 Å². The molecule has 0 fully saturated rings. The van der Waals surface area contributed by atoms with Crippen LogP contribution >= 0.6 is 11.3 Å². The molecule has 3 heteroatoms. The Kier molecular flexibility index (Phi) is 4.28. The van der Waals surface area contributed by atoms with Crippen molar-refractivity contribution < 1.29 is 4.42 Å². The lowest BCUT2D eigenvalue weighted by Gasteiger charge is -2.24. The highest BCUT2D eigenvalue weighted by Crippen LogP contribution is 2.59. The number of benzene rings is 5. The van der Waals surface area contributed by atoms with Crippen molar-refractivity contribution in [2.75, 3.05) is 0 Å². The standard InChI is InChI=1S/C39H27NOS/c1-39(2)28-15-7-3-12-24(28)33-34-26-14-6-10-18-32(26)42-38(34)37-35(36(33)39)25-13-4-8-16-29(25)40(37)22-19-20-31-27(21-22)23-11-5-9-17-30(23)41-31/h3-20,22H,21H2,1-2H3. The highest BCUT2D eigenvalue weighted by atomic mass is 32.1. The van der Waals surface area contributed by atoms with E-state index in [1.165, 1.54) is 75.2 Å². The molecular formula is C39H27NOS. The summed E-state index contributed by atoms with van der Waals surface area (Å²) in [6.45, 7) is 4.85. The molecule has 0 bridgehead atoms. The van der Waals surface area contributed by atoms with Gasteiger partial charge in [-0.05, 0) is 46.5 Å². The van der Waals surface area contributed by atoms with Gasteiger partial charge in [0, 0.05) is 54.5 Å². The zero-order valence-electron chi connectivity index (χ0n) is 23.4. The zero-order valence-corrected chi connectivity index (χ0v) is 24.3. The Morgan fingerprint density at radius 2 is 1.52 bits per heavy atom. The van der Waals surface area contributed by atoms with E-state index in [-0.39, 0.29) is 11.5 Å². The SMILES string of the molecule is CC1(C)c2ccccc2-c2c1c1c3ccccc3n(C3C=Cc4oc5ccccc5c4C3)c1c1sc3ccccc3c21. The predicted molar refractivity (Wildman–Crippen MR) is 178 cm³/mol. The van der Waals surface area contributed by atoms with Crippen LogP contribution in [0, 0.1) is 0 Å². The maximum Gasteiger partial charge on any atom is 0.135 e. The largest absolute Gasteiger partial charge is 0.456 e. The van der Waals surface area contributed by atoms with Gasteiger partial charge in [0.25, 0.3) is 0 Å². The van der Waals surface area contributed by atoms with Gasteiger partial charge in [-0.1, -0.05) is 98.8 Å². The molecule has 5 aromatic carbocycles. The van der Waals surface area contributed by atoms with Crippen LogP contribution in [-0.2, 0) is 11.8 Å². The molecule has 2 aliphatic carbocycles. The summed E-state index contributed by atoms with van der Waals surface area (Å²) in [5, 5.41) is 6.76. The molecule has 0 saturated heterocycles. The minimum absolute atomic E-state index is 0.118. The van der Waals surface area contributed by atoms with Crippen molar-refractivity contribution in [1.29, 1.82) is 0 Å². The molecule has 0 spiro atoms. The molecule has 8 aromatic rings. The minimum atomic E-state index is -0.118. The number of furan rings is 1. The van der Waals surface area contributed by atoms with Crippen molar-refractivity contribution in [3.63, 3.8) is 0 Å². The summed E-state index contributed by atoms with van der Waals surface area (Å²) < 4.78 is 11.7. The number of nitrogens with zero attached hydrogens (tertiary/aromatic N) is 1. The molecule has 2 nitrogen and oxygen atoms in total. The molecule has 0 N–H and O–H groups in total. The van der Waals surface area contributed by atoms with E-state index in [0.717, 1.165) is 17.8 Å². The van der Waals surface area contributed by atoms with Gasteiger partial charge in [-0.25, -0.2) is 0 Å². The lowest BCUT2D eigenvalue weighted by Crippen LogP contribution is -2.16. The van der Waals surface area contributed by atoms with E-state index in [2.05, 4.69) is 128 Å². The summed E-state index contributed by atoms with van der Waals surface area (Å²) >= 11 is 1.95. The normalized spacial score (nSPS) is 17.0. The molecule has 3 aromatic heterocycles. The van der Waals surface area contributed by atoms with Crippen LogP contribution in [-0.4, -0.2) is 4.57 Å². The first-order valence-corrected chi connectivity index (χ1v) is 15.6. The summed E-state index contributed by atoms with van der Waals surface area (Å²) in [7, 11) is 0. The number of aromatic nitrogens is 1. The van der Waals surface area contributed by atoms with Gasteiger partial charge in [0.1, 0.15) is 11.3 Å². The number of para-hydroxylation sites is 2. The van der Waals surface area contributed by atoms with E-state index in [0.29, 0.717) is 0 Å². The summed E-state index contributed by atoms with van der Waals surface area (Å²) in [4.78, 5) is 0. The second-order valence-electron chi connectivity index (χ2n) is 12.4. The maximum absolute atomic E-state index is 6.27. The average Bonchev–Trinajstić information content (AvgIpc) is 3.74. The smallest absolute Gasteiger partial charge is 0.135 e. The Morgan fingerprint density at radius 1 is 0.786 bits per heavy atom. The van der Waals surface area contributed by atoms with E-state index in [9.17, 15) is 0 Å². The van der Waals surface area contributed by atoms with Crippen molar-refractivity contribution in [3.8, 4) is 11.1 Å². The highest BCUT2D eigenvalue weighted by Gasteiger charge is 2.41. The molecule has 1 atom stereocenters. The van der Waals surface area contributed by atoms with Crippen molar-refractivity contribution in [2.24, 2.45) is 0 Å². The van der Waals surface area contributed by atoms with E-state index in [4.69, 9.17) is 4.42 Å². The summed E-state index contributed by atoms with van der Waals surface area (Å²) in [5.41, 5.74) is 10.6. The number of thiophene rings is 1. The lowest BCUT2D eigenvalue weighted by atomic mass is 9.80. The Hall–Kier alpha value is -4.60. The van der Waals surface area contributed by atoms with Crippen molar-refractivity contribution in [2.45, 2.75) is 31.7 Å². The third-order valence-corrected chi connectivity index (χ3v) is 11.1. The number of allylic oxidation sites excluding steroid dienone is 1. The molecule has 0 saturated carbocycles. The second kappa shape index (κ2) is 7.81. The van der Waals surface area contributed by atoms with Crippen LogP contribution in [0.3, 0.4) is 0 Å². The Bertz CT molecular complexity index is 2480. The zero-order chi connectivity index (χ0) is 27.7. The monoisotopic (exact) mass is 557 g/mol. The minimum Gasteiger partial charge on any atom is -0.456 e. The first-order valence-electron chi connectivity index (χ1n) is 14.8. The number of hydrogen-bond donors (Lipinski definition) is 0. The van der Waals surface area contributed by atoms with Gasteiger partial charge in [-0.2, -0.15) is 0 Å². The Balaban J connectivity index is 1.40. The van der Waals surface area contributed by atoms with Crippen LogP contribution < -0.4 is 0 Å². The van der Waals surface area contributed by atoms with Gasteiger partial charge in [0.05, 0.1) is 16.3 Å². The number of hydrogen-bond acceptors (Lipinski definition) is 2. The third-order valence-electron chi connectivity index (χ3n) is 9.91. The molecule has 200 valence electrons. The Labute approximate surface area is 247 Å². The van der Waals surface area contributed by atoms with Crippen molar-refractivity contribution >= 4 is 70.4 Å². The fourth-order valence-corrected chi connectivity index (χ4v) is 9.44. The van der Waals surface area contributed by atoms with Crippen LogP contribution in [0.15, 0.2) is 108 Å². The quantitative estimate of drug-likeness (QED) is 0.196. The second-order valence-corrected chi connectivity index (χ2v) is 13.5. The van der Waals surface area contributed by atoms with Gasteiger partial charge in [0.15, 0.2) is 0 Å². The van der Waals surface area contributed by atoms with Crippen molar-refractivity contribution in [1.82, 2.24) is 4.57 Å². The average molecular weight is 558 g/mol. The Morgan fingerprint density at radius 3 is 2.43 bits per heavy atom. The van der Waals surface area contributed by atoms with Gasteiger partial charge in [-0.15, -0.1) is 11.3 Å².